The number of hydrogen-bond donors (Lipinski definition) is 2. The van der Waals surface area contributed by atoms with E-state index in [9.17, 15) is 18.5 Å². The van der Waals surface area contributed by atoms with E-state index in [0.717, 1.165) is 17.8 Å². The van der Waals surface area contributed by atoms with E-state index >= 15 is 0 Å². The SMILES string of the molecule is O=[N+]([O-])c1cc(S(=O)(=O)NCc2ccc(Cl)cc2)cnc1NCc1ccc(Cl)cc1. The van der Waals surface area contributed by atoms with E-state index in [2.05, 4.69) is 15.0 Å². The summed E-state index contributed by atoms with van der Waals surface area (Å²) in [5.41, 5.74) is 1.07. The van der Waals surface area contributed by atoms with E-state index in [-0.39, 0.29) is 23.8 Å². The lowest BCUT2D eigenvalue weighted by Crippen LogP contribution is -2.23. The van der Waals surface area contributed by atoms with Gasteiger partial charge < -0.3 is 5.32 Å². The minimum atomic E-state index is -4.01. The predicted octanol–water partition coefficient (Wildman–Crippen LogP) is 4.39. The first kappa shape index (κ1) is 22.0. The van der Waals surface area contributed by atoms with E-state index in [4.69, 9.17) is 23.2 Å². The van der Waals surface area contributed by atoms with E-state index < -0.39 is 20.6 Å². The molecule has 0 aliphatic heterocycles. The van der Waals surface area contributed by atoms with Gasteiger partial charge in [-0.2, -0.15) is 0 Å². The maximum absolute atomic E-state index is 12.5. The molecule has 3 aromatic rings. The lowest BCUT2D eigenvalue weighted by molar-refractivity contribution is -0.384. The van der Waals surface area contributed by atoms with Crippen LogP contribution in [0.5, 0.6) is 0 Å². The van der Waals surface area contributed by atoms with E-state index in [0.29, 0.717) is 15.6 Å². The van der Waals surface area contributed by atoms with Gasteiger partial charge in [0.05, 0.1) is 4.92 Å². The van der Waals surface area contributed by atoms with Crippen LogP contribution in [-0.4, -0.2) is 18.3 Å². The van der Waals surface area contributed by atoms with Crippen LogP contribution in [0.15, 0.2) is 65.7 Å². The fourth-order valence-electron chi connectivity index (χ4n) is 2.51. The van der Waals surface area contributed by atoms with Crippen molar-refractivity contribution in [2.75, 3.05) is 5.32 Å². The van der Waals surface area contributed by atoms with Crippen LogP contribution in [-0.2, 0) is 23.1 Å². The molecule has 2 N–H and O–H groups in total. The Kier molecular flexibility index (Phi) is 6.88. The summed E-state index contributed by atoms with van der Waals surface area (Å²) in [4.78, 5) is 14.4. The molecule has 0 aliphatic carbocycles. The van der Waals surface area contributed by atoms with Crippen molar-refractivity contribution in [2.45, 2.75) is 18.0 Å². The van der Waals surface area contributed by atoms with Gasteiger partial charge in [0.25, 0.3) is 0 Å². The maximum Gasteiger partial charge on any atom is 0.312 e. The molecule has 0 bridgehead atoms. The lowest BCUT2D eigenvalue weighted by atomic mass is 10.2. The zero-order chi connectivity index (χ0) is 21.7. The monoisotopic (exact) mass is 466 g/mol. The summed E-state index contributed by atoms with van der Waals surface area (Å²) in [5.74, 6) is -0.0356. The van der Waals surface area contributed by atoms with Crippen molar-refractivity contribution in [2.24, 2.45) is 0 Å². The van der Waals surface area contributed by atoms with Crippen LogP contribution in [0.4, 0.5) is 11.5 Å². The zero-order valence-corrected chi connectivity index (χ0v) is 17.7. The molecular formula is C19H16Cl2N4O4S. The summed E-state index contributed by atoms with van der Waals surface area (Å²) < 4.78 is 27.5. The van der Waals surface area contributed by atoms with Crippen molar-refractivity contribution in [3.63, 3.8) is 0 Å². The lowest BCUT2D eigenvalue weighted by Gasteiger charge is -2.10. The zero-order valence-electron chi connectivity index (χ0n) is 15.4. The second-order valence-corrected chi connectivity index (χ2v) is 8.87. The summed E-state index contributed by atoms with van der Waals surface area (Å²) in [5, 5.41) is 15.4. The molecule has 30 heavy (non-hydrogen) atoms. The summed E-state index contributed by atoms with van der Waals surface area (Å²) in [6.45, 7) is 0.260. The number of nitrogens with zero attached hydrogens (tertiary/aromatic N) is 2. The fourth-order valence-corrected chi connectivity index (χ4v) is 3.74. The van der Waals surface area contributed by atoms with Crippen LogP contribution in [0.3, 0.4) is 0 Å². The number of benzene rings is 2. The molecule has 0 atom stereocenters. The molecule has 2 aromatic carbocycles. The predicted molar refractivity (Wildman–Crippen MR) is 115 cm³/mol. The second kappa shape index (κ2) is 9.40. The first-order valence-electron chi connectivity index (χ1n) is 8.61. The quantitative estimate of drug-likeness (QED) is 0.375. The van der Waals surface area contributed by atoms with Gasteiger partial charge in [0.1, 0.15) is 4.90 Å². The number of nitrogens with one attached hydrogen (secondary N) is 2. The van der Waals surface area contributed by atoms with Gasteiger partial charge in [0.2, 0.25) is 15.8 Å². The first-order valence-corrected chi connectivity index (χ1v) is 10.9. The maximum atomic E-state index is 12.5. The number of anilines is 1. The fraction of sp³-hybridized carbons (Fsp3) is 0.105. The van der Waals surface area contributed by atoms with Gasteiger partial charge in [-0.25, -0.2) is 18.1 Å². The van der Waals surface area contributed by atoms with Crippen molar-refractivity contribution in [1.29, 1.82) is 0 Å². The van der Waals surface area contributed by atoms with Gasteiger partial charge >= 0.3 is 5.69 Å². The number of rotatable bonds is 8. The third-order valence-electron chi connectivity index (χ3n) is 4.10. The van der Waals surface area contributed by atoms with Gasteiger partial charge in [0.15, 0.2) is 0 Å². The Balaban J connectivity index is 1.76. The highest BCUT2D eigenvalue weighted by Crippen LogP contribution is 2.25. The van der Waals surface area contributed by atoms with Crippen molar-refractivity contribution in [3.05, 3.63) is 92.1 Å². The van der Waals surface area contributed by atoms with Crippen molar-refractivity contribution in [1.82, 2.24) is 9.71 Å². The molecule has 11 heteroatoms. The topological polar surface area (TPSA) is 114 Å². The molecule has 0 fully saturated rings. The summed E-state index contributed by atoms with van der Waals surface area (Å²) in [6.07, 6.45) is 1.07. The minimum Gasteiger partial charge on any atom is -0.360 e. The van der Waals surface area contributed by atoms with E-state index in [1.807, 2.05) is 0 Å². The third kappa shape index (κ3) is 5.67. The van der Waals surface area contributed by atoms with Gasteiger partial charge in [-0.3, -0.25) is 10.1 Å². The number of hydrogen-bond acceptors (Lipinski definition) is 6. The third-order valence-corrected chi connectivity index (χ3v) is 5.97. The van der Waals surface area contributed by atoms with Gasteiger partial charge in [-0.1, -0.05) is 47.5 Å². The molecule has 1 aromatic heterocycles. The molecule has 8 nitrogen and oxygen atoms in total. The van der Waals surface area contributed by atoms with Gasteiger partial charge in [0, 0.05) is 35.4 Å². The summed E-state index contributed by atoms with van der Waals surface area (Å²) in [6, 6.07) is 14.5. The normalized spacial score (nSPS) is 11.3. The number of halogens is 2. The molecule has 0 saturated carbocycles. The Hall–Kier alpha value is -2.72. The standard InChI is InChI=1S/C19H16Cl2N4O4S/c20-15-5-1-13(2-6-15)10-22-19-18(25(26)27)9-17(12-23-19)30(28,29)24-11-14-3-7-16(21)8-4-14/h1-9,12,24H,10-11H2,(H,22,23). The number of nitro groups is 1. The average molecular weight is 467 g/mol. The highest BCUT2D eigenvalue weighted by Gasteiger charge is 2.22. The van der Waals surface area contributed by atoms with Gasteiger partial charge in [-0.05, 0) is 35.4 Å². The molecule has 0 spiro atoms. The van der Waals surface area contributed by atoms with E-state index in [1.54, 1.807) is 48.5 Å². The number of aromatic nitrogens is 1. The molecule has 0 radical (unpaired) electrons. The minimum absolute atomic E-state index is 0.00384. The Labute approximate surface area is 183 Å². The largest absolute Gasteiger partial charge is 0.360 e. The van der Waals surface area contributed by atoms with Crippen LogP contribution in [0.2, 0.25) is 10.0 Å². The Morgan fingerprint density at radius 3 is 2.00 bits per heavy atom. The number of sulfonamides is 1. The molecule has 3 rings (SSSR count). The summed E-state index contributed by atoms with van der Waals surface area (Å²) in [7, 11) is -4.01. The summed E-state index contributed by atoms with van der Waals surface area (Å²) >= 11 is 11.6. The van der Waals surface area contributed by atoms with Crippen molar-refractivity contribution >= 4 is 44.7 Å². The Bertz CT molecular complexity index is 1150. The molecular weight excluding hydrogens is 451 g/mol. The molecule has 0 amide bonds. The number of pyridine rings is 1. The van der Waals surface area contributed by atoms with Crippen LogP contribution in [0, 0.1) is 10.1 Å². The van der Waals surface area contributed by atoms with Crippen LogP contribution >= 0.6 is 23.2 Å². The molecule has 0 unspecified atom stereocenters. The molecule has 156 valence electrons. The van der Waals surface area contributed by atoms with Crippen LogP contribution in [0.1, 0.15) is 11.1 Å². The van der Waals surface area contributed by atoms with Crippen molar-refractivity contribution < 1.29 is 13.3 Å². The Morgan fingerprint density at radius 2 is 1.47 bits per heavy atom. The Morgan fingerprint density at radius 1 is 0.933 bits per heavy atom. The van der Waals surface area contributed by atoms with Crippen LogP contribution in [0.25, 0.3) is 0 Å². The van der Waals surface area contributed by atoms with E-state index in [1.165, 1.54) is 0 Å². The highest BCUT2D eigenvalue weighted by molar-refractivity contribution is 7.89. The molecule has 0 aliphatic rings. The van der Waals surface area contributed by atoms with Gasteiger partial charge in [-0.15, -0.1) is 0 Å². The average Bonchev–Trinajstić information content (AvgIpc) is 2.73. The van der Waals surface area contributed by atoms with Crippen molar-refractivity contribution in [3.8, 4) is 0 Å². The first-order chi connectivity index (χ1) is 14.2. The molecule has 0 saturated heterocycles. The smallest absolute Gasteiger partial charge is 0.312 e. The second-order valence-electron chi connectivity index (χ2n) is 6.23. The highest BCUT2D eigenvalue weighted by atomic mass is 35.5. The molecule has 1 heterocycles. The van der Waals surface area contributed by atoms with Crippen LogP contribution < -0.4 is 10.0 Å².